The van der Waals surface area contributed by atoms with E-state index in [0.717, 1.165) is 4.90 Å². The molecule has 2 aliphatic heterocycles. The molecule has 28 heavy (non-hydrogen) atoms. The van der Waals surface area contributed by atoms with Crippen LogP contribution in [0.25, 0.3) is 0 Å². The molecular formula is C20H26N4O4. The molecule has 0 radical (unpaired) electrons. The Bertz CT molecular complexity index is 774. The Kier molecular flexibility index (Phi) is 5.67. The van der Waals surface area contributed by atoms with Gasteiger partial charge in [0, 0.05) is 19.0 Å². The van der Waals surface area contributed by atoms with E-state index in [2.05, 4.69) is 5.32 Å². The maximum Gasteiger partial charge on any atom is 0.325 e. The number of hydrogen-bond donors (Lipinski definition) is 2. The SMILES string of the molecule is CCC[C@@]1(c2ccccc2)NC(=O)N(CC(=O)N2CCC(C(N)=O)CC2)C1=O. The molecule has 1 aromatic rings. The van der Waals surface area contributed by atoms with Gasteiger partial charge in [0.1, 0.15) is 12.1 Å². The number of amides is 5. The minimum absolute atomic E-state index is 0.226. The lowest BCUT2D eigenvalue weighted by atomic mass is 9.85. The van der Waals surface area contributed by atoms with E-state index in [-0.39, 0.29) is 24.3 Å². The van der Waals surface area contributed by atoms with Crippen molar-refractivity contribution in [2.75, 3.05) is 19.6 Å². The van der Waals surface area contributed by atoms with Crippen molar-refractivity contribution in [3.8, 4) is 0 Å². The predicted octanol–water partition coefficient (Wildman–Crippen LogP) is 0.958. The van der Waals surface area contributed by atoms with Crippen LogP contribution in [-0.4, -0.2) is 53.2 Å². The van der Waals surface area contributed by atoms with Crippen molar-refractivity contribution in [3.05, 3.63) is 35.9 Å². The summed E-state index contributed by atoms with van der Waals surface area (Å²) in [5, 5.41) is 2.82. The van der Waals surface area contributed by atoms with Crippen LogP contribution in [0.15, 0.2) is 30.3 Å². The first kappa shape index (κ1) is 19.9. The fourth-order valence-electron chi connectivity index (χ4n) is 4.03. The Morgan fingerprint density at radius 2 is 1.82 bits per heavy atom. The number of imide groups is 1. The maximum absolute atomic E-state index is 13.2. The lowest BCUT2D eigenvalue weighted by Crippen LogP contribution is -2.48. The molecule has 2 heterocycles. The summed E-state index contributed by atoms with van der Waals surface area (Å²) in [5.74, 6) is -1.28. The molecule has 0 spiro atoms. The summed E-state index contributed by atoms with van der Waals surface area (Å²) in [4.78, 5) is 52.3. The Morgan fingerprint density at radius 1 is 1.18 bits per heavy atom. The van der Waals surface area contributed by atoms with Crippen LogP contribution in [0, 0.1) is 5.92 Å². The molecular weight excluding hydrogens is 360 g/mol. The molecule has 3 N–H and O–H groups in total. The van der Waals surface area contributed by atoms with Crippen LogP contribution >= 0.6 is 0 Å². The molecule has 3 rings (SSSR count). The van der Waals surface area contributed by atoms with Gasteiger partial charge in [-0.3, -0.25) is 19.3 Å². The second-order valence-electron chi connectivity index (χ2n) is 7.40. The van der Waals surface area contributed by atoms with Crippen molar-refractivity contribution in [2.24, 2.45) is 11.7 Å². The quantitative estimate of drug-likeness (QED) is 0.709. The van der Waals surface area contributed by atoms with Crippen LogP contribution in [0.1, 0.15) is 38.2 Å². The average Bonchev–Trinajstić information content (AvgIpc) is 2.94. The van der Waals surface area contributed by atoms with Crippen molar-refractivity contribution >= 4 is 23.8 Å². The van der Waals surface area contributed by atoms with Crippen molar-refractivity contribution in [2.45, 2.75) is 38.1 Å². The summed E-state index contributed by atoms with van der Waals surface area (Å²) in [5.41, 5.74) is 4.91. The summed E-state index contributed by atoms with van der Waals surface area (Å²) in [7, 11) is 0. The van der Waals surface area contributed by atoms with Gasteiger partial charge < -0.3 is 16.0 Å². The van der Waals surface area contributed by atoms with Crippen LogP contribution < -0.4 is 11.1 Å². The van der Waals surface area contributed by atoms with Crippen LogP contribution in [-0.2, 0) is 19.9 Å². The number of urea groups is 1. The fourth-order valence-corrected chi connectivity index (χ4v) is 4.03. The first-order valence-corrected chi connectivity index (χ1v) is 9.65. The van der Waals surface area contributed by atoms with Crippen molar-refractivity contribution < 1.29 is 19.2 Å². The van der Waals surface area contributed by atoms with Gasteiger partial charge in [0.15, 0.2) is 0 Å². The highest BCUT2D eigenvalue weighted by atomic mass is 16.2. The topological polar surface area (TPSA) is 113 Å². The van der Waals surface area contributed by atoms with Gasteiger partial charge in [0.2, 0.25) is 11.8 Å². The smallest absolute Gasteiger partial charge is 0.325 e. The minimum atomic E-state index is -1.13. The third-order valence-electron chi connectivity index (χ3n) is 5.61. The number of piperidine rings is 1. The summed E-state index contributed by atoms with van der Waals surface area (Å²) in [6, 6.07) is 8.57. The molecule has 0 unspecified atom stereocenters. The molecule has 0 saturated carbocycles. The molecule has 1 aromatic carbocycles. The van der Waals surface area contributed by atoms with Gasteiger partial charge in [-0.1, -0.05) is 43.7 Å². The Labute approximate surface area is 164 Å². The zero-order valence-corrected chi connectivity index (χ0v) is 16.0. The molecule has 8 nitrogen and oxygen atoms in total. The summed E-state index contributed by atoms with van der Waals surface area (Å²) in [6.07, 6.45) is 2.16. The highest BCUT2D eigenvalue weighted by molar-refractivity contribution is 6.09. The molecule has 2 fully saturated rings. The van der Waals surface area contributed by atoms with Gasteiger partial charge in [0.25, 0.3) is 5.91 Å². The van der Waals surface area contributed by atoms with Crippen LogP contribution in [0.4, 0.5) is 4.79 Å². The number of primary amides is 1. The highest BCUT2D eigenvalue weighted by Crippen LogP contribution is 2.33. The molecule has 2 aliphatic rings. The highest BCUT2D eigenvalue weighted by Gasteiger charge is 2.52. The van der Waals surface area contributed by atoms with E-state index in [1.807, 2.05) is 37.3 Å². The molecule has 2 saturated heterocycles. The van der Waals surface area contributed by atoms with Crippen molar-refractivity contribution in [3.63, 3.8) is 0 Å². The first-order valence-electron chi connectivity index (χ1n) is 9.65. The fraction of sp³-hybridized carbons (Fsp3) is 0.500. The Balaban J connectivity index is 1.73. The molecule has 8 heteroatoms. The molecule has 150 valence electrons. The number of benzene rings is 1. The zero-order chi connectivity index (χ0) is 20.3. The molecule has 0 aromatic heterocycles. The van der Waals surface area contributed by atoms with Crippen molar-refractivity contribution in [1.29, 1.82) is 0 Å². The van der Waals surface area contributed by atoms with Gasteiger partial charge in [0.05, 0.1) is 0 Å². The van der Waals surface area contributed by atoms with E-state index in [1.165, 1.54) is 0 Å². The van der Waals surface area contributed by atoms with Crippen LogP contribution in [0.3, 0.4) is 0 Å². The molecule has 0 aliphatic carbocycles. The van der Waals surface area contributed by atoms with Crippen LogP contribution in [0.5, 0.6) is 0 Å². The van der Waals surface area contributed by atoms with E-state index < -0.39 is 17.5 Å². The number of nitrogens with two attached hydrogens (primary N) is 1. The lowest BCUT2D eigenvalue weighted by molar-refractivity contribution is -0.140. The van der Waals surface area contributed by atoms with Gasteiger partial charge >= 0.3 is 6.03 Å². The van der Waals surface area contributed by atoms with E-state index in [4.69, 9.17) is 5.73 Å². The number of nitrogens with zero attached hydrogens (tertiary/aromatic N) is 2. The molecule has 0 bridgehead atoms. The summed E-state index contributed by atoms with van der Waals surface area (Å²) >= 11 is 0. The van der Waals surface area contributed by atoms with Gasteiger partial charge in [-0.15, -0.1) is 0 Å². The standard InChI is InChI=1S/C20H26N4O4/c1-2-10-20(15-6-4-3-5-7-15)18(27)24(19(28)22-20)13-16(25)23-11-8-14(9-12-23)17(21)26/h3-7,14H,2,8-13H2,1H3,(H2,21,26)(H,22,28)/t20-/m0/s1. The second kappa shape index (κ2) is 8.00. The Morgan fingerprint density at radius 3 is 2.39 bits per heavy atom. The Hall–Kier alpha value is -2.90. The summed E-state index contributed by atoms with van der Waals surface area (Å²) < 4.78 is 0. The molecule has 1 atom stereocenters. The van der Waals surface area contributed by atoms with Gasteiger partial charge in [-0.05, 0) is 24.8 Å². The predicted molar refractivity (Wildman–Crippen MR) is 102 cm³/mol. The normalized spacial score (nSPS) is 23.0. The summed E-state index contributed by atoms with van der Waals surface area (Å²) in [6.45, 7) is 2.44. The minimum Gasteiger partial charge on any atom is -0.369 e. The van der Waals surface area contributed by atoms with E-state index in [1.54, 1.807) is 4.90 Å². The van der Waals surface area contributed by atoms with Crippen LogP contribution in [0.2, 0.25) is 0 Å². The van der Waals surface area contributed by atoms with Crippen molar-refractivity contribution in [1.82, 2.24) is 15.1 Å². The zero-order valence-electron chi connectivity index (χ0n) is 16.0. The third kappa shape index (κ3) is 3.58. The number of nitrogens with one attached hydrogen (secondary N) is 1. The lowest BCUT2D eigenvalue weighted by Gasteiger charge is -2.31. The van der Waals surface area contributed by atoms with Gasteiger partial charge in [-0.2, -0.15) is 0 Å². The average molecular weight is 386 g/mol. The van der Waals surface area contributed by atoms with E-state index in [0.29, 0.717) is 44.3 Å². The number of hydrogen-bond acceptors (Lipinski definition) is 4. The van der Waals surface area contributed by atoms with E-state index >= 15 is 0 Å². The van der Waals surface area contributed by atoms with Gasteiger partial charge in [-0.25, -0.2) is 4.79 Å². The number of carbonyl (C=O) groups is 4. The largest absolute Gasteiger partial charge is 0.369 e. The second-order valence-corrected chi connectivity index (χ2v) is 7.40. The molecule has 5 amide bonds. The van der Waals surface area contributed by atoms with E-state index in [9.17, 15) is 19.2 Å². The first-order chi connectivity index (χ1) is 13.4. The third-order valence-corrected chi connectivity index (χ3v) is 5.61. The number of carbonyl (C=O) groups excluding carboxylic acids is 4. The number of rotatable bonds is 6. The monoisotopic (exact) mass is 386 g/mol. The number of likely N-dealkylation sites (tertiary alicyclic amines) is 1. The maximum atomic E-state index is 13.2.